The zero-order valence-electron chi connectivity index (χ0n) is 10.1. The molecule has 0 spiro atoms. The molecule has 4 aliphatic carbocycles. The summed E-state index contributed by atoms with van der Waals surface area (Å²) in [6.45, 7) is 0. The number of hydrogen-bond acceptors (Lipinski definition) is 1. The Labute approximate surface area is 97.5 Å². The second-order valence-corrected chi connectivity index (χ2v) is 6.15. The Morgan fingerprint density at radius 2 is 1.62 bits per heavy atom. The highest BCUT2D eigenvalue weighted by atomic mass is 15.1. The molecule has 4 bridgehead atoms. The summed E-state index contributed by atoms with van der Waals surface area (Å²) in [5, 5.41) is 0. The first-order valence-electron chi connectivity index (χ1n) is 6.53. The molecule has 0 N–H and O–H groups in total. The van der Waals surface area contributed by atoms with Gasteiger partial charge < -0.3 is 4.90 Å². The Balaban J connectivity index is 1.64. The van der Waals surface area contributed by atoms with Gasteiger partial charge in [-0.2, -0.15) is 0 Å². The van der Waals surface area contributed by atoms with Gasteiger partial charge in [-0.1, -0.05) is 12.1 Å². The summed E-state index contributed by atoms with van der Waals surface area (Å²) < 4.78 is 0. The van der Waals surface area contributed by atoms with Crippen molar-refractivity contribution in [2.75, 3.05) is 19.0 Å². The van der Waals surface area contributed by atoms with E-state index in [9.17, 15) is 0 Å². The van der Waals surface area contributed by atoms with Gasteiger partial charge >= 0.3 is 0 Å². The second kappa shape index (κ2) is 2.82. The molecule has 0 aromatic heterocycles. The maximum absolute atomic E-state index is 2.37. The third kappa shape index (κ3) is 1.02. The maximum Gasteiger partial charge on any atom is 0.0361 e. The Bertz CT molecular complexity index is 406. The molecule has 84 valence electrons. The van der Waals surface area contributed by atoms with Crippen LogP contribution in [0, 0.1) is 23.7 Å². The van der Waals surface area contributed by atoms with Crippen LogP contribution in [0.4, 0.5) is 5.69 Å². The molecular weight excluding hydrogens is 194 g/mol. The first-order valence-corrected chi connectivity index (χ1v) is 6.53. The molecule has 1 heteroatoms. The SMILES string of the molecule is CN(C)c1ccc([C@H]2C3C[C@@H]4C2[C@@H]4C3)cc1. The van der Waals surface area contributed by atoms with E-state index in [1.807, 2.05) is 0 Å². The van der Waals surface area contributed by atoms with E-state index >= 15 is 0 Å². The first kappa shape index (κ1) is 9.09. The highest BCUT2D eigenvalue weighted by Gasteiger charge is 2.68. The molecule has 5 rings (SSSR count). The van der Waals surface area contributed by atoms with Crippen molar-refractivity contribution in [2.45, 2.75) is 18.8 Å². The summed E-state index contributed by atoms with van der Waals surface area (Å²) in [4.78, 5) is 2.18. The minimum Gasteiger partial charge on any atom is -0.378 e. The van der Waals surface area contributed by atoms with Crippen molar-refractivity contribution in [1.29, 1.82) is 0 Å². The van der Waals surface area contributed by atoms with Gasteiger partial charge in [0.05, 0.1) is 0 Å². The molecule has 5 atom stereocenters. The molecule has 0 aliphatic heterocycles. The lowest BCUT2D eigenvalue weighted by atomic mass is 9.90. The van der Waals surface area contributed by atoms with Crippen LogP contribution in [0.15, 0.2) is 24.3 Å². The molecule has 0 radical (unpaired) electrons. The van der Waals surface area contributed by atoms with E-state index < -0.39 is 0 Å². The van der Waals surface area contributed by atoms with Gasteiger partial charge in [0.2, 0.25) is 0 Å². The molecule has 4 fully saturated rings. The molecule has 4 aliphatic rings. The molecular formula is C15H19N. The van der Waals surface area contributed by atoms with Crippen molar-refractivity contribution in [2.24, 2.45) is 23.7 Å². The van der Waals surface area contributed by atoms with Gasteiger partial charge in [-0.15, -0.1) is 0 Å². The molecule has 0 heterocycles. The average molecular weight is 213 g/mol. The van der Waals surface area contributed by atoms with Crippen molar-refractivity contribution >= 4 is 5.69 Å². The Hall–Kier alpha value is -0.980. The minimum absolute atomic E-state index is 0.922. The van der Waals surface area contributed by atoms with Crippen LogP contribution in [0.5, 0.6) is 0 Å². The molecule has 2 unspecified atom stereocenters. The van der Waals surface area contributed by atoms with Crippen LogP contribution < -0.4 is 4.90 Å². The minimum atomic E-state index is 0.922. The van der Waals surface area contributed by atoms with Crippen LogP contribution in [0.1, 0.15) is 24.3 Å². The van der Waals surface area contributed by atoms with Crippen LogP contribution in [-0.2, 0) is 0 Å². The summed E-state index contributed by atoms with van der Waals surface area (Å²) in [6.07, 6.45) is 3.07. The Morgan fingerprint density at radius 1 is 1.00 bits per heavy atom. The lowest BCUT2D eigenvalue weighted by molar-refractivity contribution is 0.528. The number of hydrogen-bond donors (Lipinski definition) is 0. The summed E-state index contributed by atoms with van der Waals surface area (Å²) in [7, 11) is 4.22. The summed E-state index contributed by atoms with van der Waals surface area (Å²) in [5.74, 6) is 5.29. The lowest BCUT2D eigenvalue weighted by Crippen LogP contribution is -2.09. The smallest absolute Gasteiger partial charge is 0.0361 e. The van der Waals surface area contributed by atoms with E-state index in [-0.39, 0.29) is 0 Å². The molecule has 16 heavy (non-hydrogen) atoms. The van der Waals surface area contributed by atoms with E-state index in [2.05, 4.69) is 43.3 Å². The average Bonchev–Trinajstić information content (AvgIpc) is 2.74. The van der Waals surface area contributed by atoms with Crippen LogP contribution in [0.3, 0.4) is 0 Å². The molecule has 0 saturated heterocycles. The van der Waals surface area contributed by atoms with Crippen LogP contribution in [0.25, 0.3) is 0 Å². The molecule has 1 nitrogen and oxygen atoms in total. The van der Waals surface area contributed by atoms with Crippen molar-refractivity contribution < 1.29 is 0 Å². The first-order chi connectivity index (χ1) is 7.75. The van der Waals surface area contributed by atoms with Crippen molar-refractivity contribution in [3.05, 3.63) is 29.8 Å². The van der Waals surface area contributed by atoms with Gasteiger partial charge in [-0.3, -0.25) is 0 Å². The summed E-state index contributed by atoms with van der Waals surface area (Å²) in [5.41, 5.74) is 2.93. The number of nitrogens with zero attached hydrogens (tertiary/aromatic N) is 1. The zero-order valence-corrected chi connectivity index (χ0v) is 10.1. The Kier molecular flexibility index (Phi) is 1.60. The van der Waals surface area contributed by atoms with Crippen molar-refractivity contribution in [3.63, 3.8) is 0 Å². The van der Waals surface area contributed by atoms with Gasteiger partial charge in [-0.25, -0.2) is 0 Å². The lowest BCUT2D eigenvalue weighted by Gasteiger charge is -2.17. The third-order valence-corrected chi connectivity index (χ3v) is 5.26. The van der Waals surface area contributed by atoms with Gasteiger partial charge in [0.1, 0.15) is 0 Å². The number of anilines is 1. The quantitative estimate of drug-likeness (QED) is 0.729. The van der Waals surface area contributed by atoms with E-state index in [0.717, 1.165) is 29.6 Å². The fraction of sp³-hybridized carbons (Fsp3) is 0.600. The van der Waals surface area contributed by atoms with Crippen LogP contribution >= 0.6 is 0 Å². The monoisotopic (exact) mass is 213 g/mol. The molecule has 4 saturated carbocycles. The summed E-state index contributed by atoms with van der Waals surface area (Å²) in [6, 6.07) is 9.30. The van der Waals surface area contributed by atoms with E-state index in [4.69, 9.17) is 0 Å². The van der Waals surface area contributed by atoms with Gasteiger partial charge in [-0.05, 0) is 60.1 Å². The highest BCUT2D eigenvalue weighted by molar-refractivity contribution is 5.47. The topological polar surface area (TPSA) is 3.24 Å². The van der Waals surface area contributed by atoms with Crippen LogP contribution in [0.2, 0.25) is 0 Å². The normalized spacial score (nSPS) is 42.5. The predicted molar refractivity (Wildman–Crippen MR) is 66.7 cm³/mol. The molecule has 1 aromatic rings. The summed E-state index contributed by atoms with van der Waals surface area (Å²) >= 11 is 0. The molecule has 0 amide bonds. The molecule has 1 aromatic carbocycles. The van der Waals surface area contributed by atoms with Crippen molar-refractivity contribution in [3.8, 4) is 0 Å². The standard InChI is InChI=1S/C15H19N/c1-16(2)11-5-3-9(4-6-11)14-10-7-12-13(8-10)15(12)14/h3-6,10,12-15H,7-8H2,1-2H3/t10?,12-,13+,14-,15?/m0/s1. The van der Waals surface area contributed by atoms with Gasteiger partial charge in [0, 0.05) is 19.8 Å². The highest BCUT2D eigenvalue weighted by Crippen LogP contribution is 2.76. The largest absolute Gasteiger partial charge is 0.378 e. The van der Waals surface area contributed by atoms with Gasteiger partial charge in [0.25, 0.3) is 0 Å². The predicted octanol–water partition coefficient (Wildman–Crippen LogP) is 3.12. The maximum atomic E-state index is 2.37. The fourth-order valence-electron chi connectivity index (χ4n) is 4.56. The van der Waals surface area contributed by atoms with Gasteiger partial charge in [0.15, 0.2) is 0 Å². The van der Waals surface area contributed by atoms with Crippen molar-refractivity contribution in [1.82, 2.24) is 0 Å². The number of rotatable bonds is 2. The van der Waals surface area contributed by atoms with E-state index in [0.29, 0.717) is 0 Å². The fourth-order valence-corrected chi connectivity index (χ4v) is 4.56. The van der Waals surface area contributed by atoms with E-state index in [1.165, 1.54) is 18.5 Å². The van der Waals surface area contributed by atoms with E-state index in [1.54, 1.807) is 5.56 Å². The second-order valence-electron chi connectivity index (χ2n) is 6.15. The zero-order chi connectivity index (χ0) is 10.9. The third-order valence-electron chi connectivity index (χ3n) is 5.26. The number of benzene rings is 1. The van der Waals surface area contributed by atoms with Crippen LogP contribution in [-0.4, -0.2) is 14.1 Å². The Morgan fingerprint density at radius 3 is 2.06 bits per heavy atom.